The number of aromatic amines is 1. The van der Waals surface area contributed by atoms with E-state index in [0.29, 0.717) is 5.82 Å². The molecule has 0 bridgehead atoms. The number of nitrogens with one attached hydrogen (secondary N) is 1. The molecular formula is C7H7N5O2. The molecule has 0 unspecified atom stereocenters. The lowest BCUT2D eigenvalue weighted by atomic mass is 10.3. The van der Waals surface area contributed by atoms with Crippen LogP contribution < -0.4 is 0 Å². The van der Waals surface area contributed by atoms with Crippen molar-refractivity contribution in [2.24, 2.45) is 7.05 Å². The van der Waals surface area contributed by atoms with Crippen molar-refractivity contribution in [1.82, 2.24) is 24.7 Å². The lowest BCUT2D eigenvalue weighted by molar-refractivity contribution is 0.0692. The maximum absolute atomic E-state index is 10.8. The molecule has 0 fully saturated rings. The Kier molecular flexibility index (Phi) is 1.77. The summed E-state index contributed by atoms with van der Waals surface area (Å²) in [5.41, 5.74) is 0.304. The van der Waals surface area contributed by atoms with Gasteiger partial charge < -0.3 is 10.1 Å². The SMILES string of the molecule is Cn1ncnc1-c1nc[nH]c1C(=O)O. The van der Waals surface area contributed by atoms with Gasteiger partial charge in [-0.15, -0.1) is 0 Å². The minimum atomic E-state index is -1.07. The topological polar surface area (TPSA) is 96.7 Å². The van der Waals surface area contributed by atoms with Gasteiger partial charge in [-0.3, -0.25) is 0 Å². The van der Waals surface area contributed by atoms with Crippen molar-refractivity contribution in [3.05, 3.63) is 18.3 Å². The van der Waals surface area contributed by atoms with Crippen molar-refractivity contribution in [3.8, 4) is 11.5 Å². The molecular weight excluding hydrogens is 186 g/mol. The van der Waals surface area contributed by atoms with E-state index in [2.05, 4.69) is 20.1 Å². The van der Waals surface area contributed by atoms with Crippen molar-refractivity contribution >= 4 is 5.97 Å². The Morgan fingerprint density at radius 1 is 1.57 bits per heavy atom. The zero-order valence-corrected chi connectivity index (χ0v) is 7.30. The van der Waals surface area contributed by atoms with E-state index in [0.717, 1.165) is 0 Å². The largest absolute Gasteiger partial charge is 0.477 e. The highest BCUT2D eigenvalue weighted by Gasteiger charge is 2.17. The summed E-state index contributed by atoms with van der Waals surface area (Å²) in [7, 11) is 1.67. The summed E-state index contributed by atoms with van der Waals surface area (Å²) < 4.78 is 1.46. The van der Waals surface area contributed by atoms with Gasteiger partial charge in [0.15, 0.2) is 11.5 Å². The standard InChI is InChI=1S/C7H7N5O2/c1-12-6(10-3-11-12)4-5(7(13)14)9-2-8-4/h2-3H,1H3,(H,8,9)(H,13,14). The quantitative estimate of drug-likeness (QED) is 0.694. The van der Waals surface area contributed by atoms with Crippen LogP contribution in [0.3, 0.4) is 0 Å². The zero-order valence-electron chi connectivity index (χ0n) is 7.30. The van der Waals surface area contributed by atoms with Crippen LogP contribution in [0, 0.1) is 0 Å². The summed E-state index contributed by atoms with van der Waals surface area (Å²) >= 11 is 0. The summed E-state index contributed by atoms with van der Waals surface area (Å²) in [5.74, 6) is -0.649. The predicted molar refractivity (Wildman–Crippen MR) is 45.5 cm³/mol. The van der Waals surface area contributed by atoms with Crippen LogP contribution in [0.25, 0.3) is 11.5 Å². The summed E-state index contributed by atoms with van der Waals surface area (Å²) in [6, 6.07) is 0. The van der Waals surface area contributed by atoms with E-state index in [1.165, 1.54) is 17.3 Å². The van der Waals surface area contributed by atoms with E-state index < -0.39 is 5.97 Å². The van der Waals surface area contributed by atoms with E-state index in [9.17, 15) is 4.79 Å². The van der Waals surface area contributed by atoms with Crippen molar-refractivity contribution in [1.29, 1.82) is 0 Å². The minimum Gasteiger partial charge on any atom is -0.477 e. The molecule has 2 aromatic rings. The van der Waals surface area contributed by atoms with Gasteiger partial charge >= 0.3 is 5.97 Å². The van der Waals surface area contributed by atoms with Gasteiger partial charge in [0.1, 0.15) is 12.0 Å². The molecule has 2 N–H and O–H groups in total. The number of hydrogen-bond donors (Lipinski definition) is 2. The van der Waals surface area contributed by atoms with E-state index in [1.54, 1.807) is 7.05 Å². The number of aromatic nitrogens is 5. The lowest BCUT2D eigenvalue weighted by Crippen LogP contribution is -2.02. The third-order valence-electron chi connectivity index (χ3n) is 1.78. The highest BCUT2D eigenvalue weighted by atomic mass is 16.4. The Labute approximate surface area is 78.4 Å². The monoisotopic (exact) mass is 193 g/mol. The number of rotatable bonds is 2. The van der Waals surface area contributed by atoms with Crippen molar-refractivity contribution in [2.45, 2.75) is 0 Å². The van der Waals surface area contributed by atoms with Crippen LogP contribution in [0.4, 0.5) is 0 Å². The third kappa shape index (κ3) is 1.15. The van der Waals surface area contributed by atoms with Crippen LogP contribution in [-0.4, -0.2) is 35.8 Å². The van der Waals surface area contributed by atoms with Crippen LogP contribution in [-0.2, 0) is 7.05 Å². The fourth-order valence-electron chi connectivity index (χ4n) is 1.14. The summed E-state index contributed by atoms with van der Waals surface area (Å²) in [4.78, 5) is 21.1. The summed E-state index contributed by atoms with van der Waals surface area (Å²) in [5, 5.41) is 12.6. The molecule has 0 atom stereocenters. The third-order valence-corrected chi connectivity index (χ3v) is 1.78. The van der Waals surface area contributed by atoms with Gasteiger partial charge in [0.2, 0.25) is 0 Å². The maximum atomic E-state index is 10.8. The average Bonchev–Trinajstić information content (AvgIpc) is 2.70. The number of aromatic carboxylic acids is 1. The highest BCUT2D eigenvalue weighted by Crippen LogP contribution is 2.16. The molecule has 0 aromatic carbocycles. The molecule has 7 heteroatoms. The smallest absolute Gasteiger partial charge is 0.354 e. The van der Waals surface area contributed by atoms with Crippen LogP contribution in [0.5, 0.6) is 0 Å². The summed E-state index contributed by atoms with van der Waals surface area (Å²) in [6.07, 6.45) is 2.66. The van der Waals surface area contributed by atoms with Crippen LogP contribution >= 0.6 is 0 Å². The molecule has 0 radical (unpaired) electrons. The van der Waals surface area contributed by atoms with E-state index in [4.69, 9.17) is 5.11 Å². The van der Waals surface area contributed by atoms with Gasteiger partial charge in [-0.1, -0.05) is 0 Å². The maximum Gasteiger partial charge on any atom is 0.354 e. The van der Waals surface area contributed by atoms with Crippen LogP contribution in [0.15, 0.2) is 12.7 Å². The number of H-pyrrole nitrogens is 1. The van der Waals surface area contributed by atoms with Gasteiger partial charge in [-0.05, 0) is 0 Å². The van der Waals surface area contributed by atoms with E-state index in [1.807, 2.05) is 0 Å². The van der Waals surface area contributed by atoms with Gasteiger partial charge in [0, 0.05) is 7.05 Å². The Morgan fingerprint density at radius 3 is 2.93 bits per heavy atom. The molecule has 0 saturated carbocycles. The molecule has 0 spiro atoms. The molecule has 2 heterocycles. The molecule has 14 heavy (non-hydrogen) atoms. The second-order valence-corrected chi connectivity index (χ2v) is 2.64. The van der Waals surface area contributed by atoms with Crippen molar-refractivity contribution in [3.63, 3.8) is 0 Å². The lowest BCUT2D eigenvalue weighted by Gasteiger charge is -1.96. The van der Waals surface area contributed by atoms with Gasteiger partial charge in [0.25, 0.3) is 0 Å². The van der Waals surface area contributed by atoms with Gasteiger partial charge in [-0.2, -0.15) is 5.10 Å². The number of carbonyl (C=O) groups is 1. The van der Waals surface area contributed by atoms with Crippen molar-refractivity contribution < 1.29 is 9.90 Å². The molecule has 72 valence electrons. The molecule has 2 aromatic heterocycles. The van der Waals surface area contributed by atoms with Crippen LogP contribution in [0.2, 0.25) is 0 Å². The minimum absolute atomic E-state index is 0.0149. The first-order valence-corrected chi connectivity index (χ1v) is 3.81. The molecule has 7 nitrogen and oxygen atoms in total. The number of aryl methyl sites for hydroxylation is 1. The van der Waals surface area contributed by atoms with E-state index in [-0.39, 0.29) is 11.4 Å². The zero-order chi connectivity index (χ0) is 10.1. The van der Waals surface area contributed by atoms with Crippen LogP contribution in [0.1, 0.15) is 10.5 Å². The first kappa shape index (κ1) is 8.42. The first-order valence-electron chi connectivity index (χ1n) is 3.81. The fraction of sp³-hybridized carbons (Fsp3) is 0.143. The number of carboxylic acids is 1. The Morgan fingerprint density at radius 2 is 2.36 bits per heavy atom. The molecule has 0 aliphatic heterocycles. The molecule has 0 aliphatic carbocycles. The Hall–Kier alpha value is -2.18. The number of nitrogens with zero attached hydrogens (tertiary/aromatic N) is 4. The van der Waals surface area contributed by atoms with Gasteiger partial charge in [-0.25, -0.2) is 19.4 Å². The number of carboxylic acid groups (broad SMARTS) is 1. The molecule has 2 rings (SSSR count). The molecule has 0 amide bonds. The molecule has 0 saturated heterocycles. The second-order valence-electron chi connectivity index (χ2n) is 2.64. The van der Waals surface area contributed by atoms with E-state index >= 15 is 0 Å². The molecule has 0 aliphatic rings. The highest BCUT2D eigenvalue weighted by molar-refractivity contribution is 5.91. The first-order chi connectivity index (χ1) is 6.70. The Bertz CT molecular complexity index is 472. The summed E-state index contributed by atoms with van der Waals surface area (Å²) in [6.45, 7) is 0. The normalized spacial score (nSPS) is 10.4. The fourth-order valence-corrected chi connectivity index (χ4v) is 1.14. The number of hydrogen-bond acceptors (Lipinski definition) is 4. The Balaban J connectivity index is 2.57. The second kappa shape index (κ2) is 2.95. The van der Waals surface area contributed by atoms with Gasteiger partial charge in [0.05, 0.1) is 6.33 Å². The average molecular weight is 193 g/mol. The predicted octanol–water partition coefficient (Wildman–Crippen LogP) is -0.0966. The van der Waals surface area contributed by atoms with Crippen molar-refractivity contribution in [2.75, 3.05) is 0 Å². The number of imidazole rings is 1.